The van der Waals surface area contributed by atoms with Crippen molar-refractivity contribution in [2.24, 2.45) is 0 Å². The van der Waals surface area contributed by atoms with Gasteiger partial charge in [0, 0.05) is 62.0 Å². The Bertz CT molecular complexity index is 2230. The molecule has 7 rings (SSSR count). The van der Waals surface area contributed by atoms with Gasteiger partial charge in [-0.3, -0.25) is 9.59 Å². The molecule has 0 saturated carbocycles. The summed E-state index contributed by atoms with van der Waals surface area (Å²) in [4.78, 5) is 30.3. The third kappa shape index (κ3) is 10.5. The number of rotatable bonds is 14. The molecule has 6 aromatic carbocycles. The molecule has 0 radical (unpaired) electrons. The zero-order valence-electron chi connectivity index (χ0n) is 33.1. The molecule has 0 aromatic heterocycles. The Morgan fingerprint density at radius 2 is 1.33 bits per heavy atom. The van der Waals surface area contributed by atoms with Gasteiger partial charge in [0.2, 0.25) is 0 Å². The number of amides is 2. The minimum absolute atomic E-state index is 0.0848. The Kier molecular flexibility index (Phi) is 12.7. The van der Waals surface area contributed by atoms with Gasteiger partial charge in [-0.1, -0.05) is 90.5 Å². The number of nitrogens with zero attached hydrogens (tertiary/aromatic N) is 2. The van der Waals surface area contributed by atoms with E-state index in [9.17, 15) is 9.59 Å². The maximum atomic E-state index is 13.2. The lowest BCUT2D eigenvalue weighted by molar-refractivity contribution is 0.0595. The van der Waals surface area contributed by atoms with Gasteiger partial charge in [-0.25, -0.2) is 0 Å². The van der Waals surface area contributed by atoms with Crippen LogP contribution < -0.4 is 19.7 Å². The summed E-state index contributed by atoms with van der Waals surface area (Å²) >= 11 is 0. The number of ether oxygens (including phenoxy) is 2. The summed E-state index contributed by atoms with van der Waals surface area (Å²) in [5.41, 5.74) is 10.0. The van der Waals surface area contributed by atoms with Crippen LogP contribution >= 0.6 is 0 Å². The second kappa shape index (κ2) is 18.5. The van der Waals surface area contributed by atoms with E-state index in [1.54, 1.807) is 0 Å². The van der Waals surface area contributed by atoms with E-state index in [0.29, 0.717) is 25.3 Å². The maximum absolute atomic E-state index is 13.2. The monoisotopic (exact) mass is 757 g/mol. The summed E-state index contributed by atoms with van der Waals surface area (Å²) < 4.78 is 12.4. The standard InChI is InChI=1S/C50H51N3O4/c1-36-11-16-43(17-12-36)50(55)53-32-29-47(30-33-53)57-46-25-14-39(15-26-46)35-56-45-27-22-41(23-28-45)40-18-20-42(21-19-40)49(54)51-44-24-13-37(2)48(34-44)52(3)31-7-10-38-8-5-4-6-9-38/h4-6,8-9,11-28,34,47H,7,10,29-33,35H2,1-3H3,(H,51,54). The van der Waals surface area contributed by atoms with Crippen LogP contribution in [-0.4, -0.2) is 49.5 Å². The van der Waals surface area contributed by atoms with E-state index in [0.717, 1.165) is 82.9 Å². The van der Waals surface area contributed by atoms with Crippen molar-refractivity contribution in [1.82, 2.24) is 4.90 Å². The zero-order valence-corrected chi connectivity index (χ0v) is 33.1. The smallest absolute Gasteiger partial charge is 0.255 e. The largest absolute Gasteiger partial charge is 0.490 e. The number of aryl methyl sites for hydroxylation is 3. The summed E-state index contributed by atoms with van der Waals surface area (Å²) in [5.74, 6) is 1.55. The molecule has 1 heterocycles. The summed E-state index contributed by atoms with van der Waals surface area (Å²) in [5, 5.41) is 3.09. The maximum Gasteiger partial charge on any atom is 0.255 e. The fourth-order valence-corrected chi connectivity index (χ4v) is 7.22. The van der Waals surface area contributed by atoms with Crippen LogP contribution in [0.5, 0.6) is 11.5 Å². The fraction of sp³-hybridized carbons (Fsp3) is 0.240. The molecule has 0 unspecified atom stereocenters. The predicted molar refractivity (Wildman–Crippen MR) is 231 cm³/mol. The average molecular weight is 758 g/mol. The normalized spacial score (nSPS) is 12.9. The number of anilines is 2. The summed E-state index contributed by atoms with van der Waals surface area (Å²) in [6.45, 7) is 6.87. The molecule has 1 fully saturated rings. The average Bonchev–Trinajstić information content (AvgIpc) is 3.25. The van der Waals surface area contributed by atoms with Crippen molar-refractivity contribution in [2.75, 3.05) is 36.9 Å². The first-order chi connectivity index (χ1) is 27.8. The highest BCUT2D eigenvalue weighted by atomic mass is 16.5. The third-order valence-electron chi connectivity index (χ3n) is 10.7. The zero-order chi connectivity index (χ0) is 39.6. The van der Waals surface area contributed by atoms with Gasteiger partial charge in [0.25, 0.3) is 11.8 Å². The van der Waals surface area contributed by atoms with Crippen LogP contribution in [-0.2, 0) is 13.0 Å². The molecule has 0 spiro atoms. The van der Waals surface area contributed by atoms with Crippen LogP contribution in [0.25, 0.3) is 11.1 Å². The number of benzene rings is 6. The molecule has 0 bridgehead atoms. The van der Waals surface area contributed by atoms with Crippen molar-refractivity contribution in [1.29, 1.82) is 0 Å². The second-order valence-corrected chi connectivity index (χ2v) is 15.0. The number of hydrogen-bond acceptors (Lipinski definition) is 5. The molecule has 1 aliphatic heterocycles. The lowest BCUT2D eigenvalue weighted by Crippen LogP contribution is -2.41. The predicted octanol–water partition coefficient (Wildman–Crippen LogP) is 10.6. The van der Waals surface area contributed by atoms with Crippen molar-refractivity contribution in [3.63, 3.8) is 0 Å². The number of likely N-dealkylation sites (tertiary alicyclic amines) is 1. The lowest BCUT2D eigenvalue weighted by Gasteiger charge is -2.32. The number of piperidine rings is 1. The first-order valence-electron chi connectivity index (χ1n) is 19.9. The van der Waals surface area contributed by atoms with Crippen molar-refractivity contribution in [3.8, 4) is 22.6 Å². The van der Waals surface area contributed by atoms with Crippen molar-refractivity contribution < 1.29 is 19.1 Å². The molecule has 0 aliphatic carbocycles. The number of carbonyl (C=O) groups excluding carboxylic acids is 2. The molecule has 7 heteroatoms. The minimum Gasteiger partial charge on any atom is -0.490 e. The fourth-order valence-electron chi connectivity index (χ4n) is 7.22. The molecule has 2 amide bonds. The van der Waals surface area contributed by atoms with Gasteiger partial charge in [-0.05, 0) is 115 Å². The molecule has 0 atom stereocenters. The van der Waals surface area contributed by atoms with Crippen molar-refractivity contribution in [3.05, 3.63) is 179 Å². The van der Waals surface area contributed by atoms with Crippen LogP contribution in [0.4, 0.5) is 11.4 Å². The van der Waals surface area contributed by atoms with E-state index in [-0.39, 0.29) is 17.9 Å². The Morgan fingerprint density at radius 3 is 2.02 bits per heavy atom. The van der Waals surface area contributed by atoms with Crippen LogP contribution in [0, 0.1) is 13.8 Å². The molecule has 57 heavy (non-hydrogen) atoms. The minimum atomic E-state index is -0.140. The van der Waals surface area contributed by atoms with Gasteiger partial charge in [0.15, 0.2) is 0 Å². The van der Waals surface area contributed by atoms with Gasteiger partial charge >= 0.3 is 0 Å². The summed E-state index contributed by atoms with van der Waals surface area (Å²) in [6, 6.07) is 48.1. The van der Waals surface area contributed by atoms with E-state index < -0.39 is 0 Å². The quantitative estimate of drug-likeness (QED) is 0.120. The highest BCUT2D eigenvalue weighted by Crippen LogP contribution is 2.27. The van der Waals surface area contributed by atoms with E-state index in [4.69, 9.17) is 9.47 Å². The Labute approximate surface area is 336 Å². The van der Waals surface area contributed by atoms with Gasteiger partial charge < -0.3 is 24.6 Å². The van der Waals surface area contributed by atoms with Crippen LogP contribution in [0.15, 0.2) is 146 Å². The highest BCUT2D eigenvalue weighted by molar-refractivity contribution is 6.04. The Morgan fingerprint density at radius 1 is 0.702 bits per heavy atom. The van der Waals surface area contributed by atoms with Crippen molar-refractivity contribution >= 4 is 23.2 Å². The topological polar surface area (TPSA) is 71.1 Å². The van der Waals surface area contributed by atoms with E-state index >= 15 is 0 Å². The Balaban J connectivity index is 0.849. The molecule has 1 N–H and O–H groups in total. The SMILES string of the molecule is Cc1ccc(C(=O)N2CCC(Oc3ccc(COc4ccc(-c5ccc(C(=O)Nc6ccc(C)c(N(C)CCCc7ccccc7)c6)cc5)cc4)cc3)CC2)cc1. The van der Waals surface area contributed by atoms with Gasteiger partial charge in [0.05, 0.1) is 0 Å². The molecular weight excluding hydrogens is 707 g/mol. The van der Waals surface area contributed by atoms with Gasteiger partial charge in [-0.15, -0.1) is 0 Å². The van der Waals surface area contributed by atoms with Gasteiger partial charge in [-0.2, -0.15) is 0 Å². The second-order valence-electron chi connectivity index (χ2n) is 15.0. The number of nitrogens with one attached hydrogen (secondary N) is 1. The molecule has 7 nitrogen and oxygen atoms in total. The van der Waals surface area contributed by atoms with Crippen LogP contribution in [0.3, 0.4) is 0 Å². The third-order valence-corrected chi connectivity index (χ3v) is 10.7. The van der Waals surface area contributed by atoms with E-state index in [2.05, 4.69) is 60.6 Å². The lowest BCUT2D eigenvalue weighted by atomic mass is 10.0. The number of hydrogen-bond donors (Lipinski definition) is 1. The molecular formula is C50H51N3O4. The van der Waals surface area contributed by atoms with Crippen molar-refractivity contribution in [2.45, 2.75) is 52.2 Å². The van der Waals surface area contributed by atoms with E-state index in [1.165, 1.54) is 11.1 Å². The number of carbonyl (C=O) groups is 2. The first kappa shape index (κ1) is 38.9. The summed E-state index contributed by atoms with van der Waals surface area (Å²) in [6.07, 6.45) is 3.78. The Hall–Kier alpha value is -6.34. The molecule has 290 valence electrons. The molecule has 1 saturated heterocycles. The van der Waals surface area contributed by atoms with Crippen LogP contribution in [0.2, 0.25) is 0 Å². The highest BCUT2D eigenvalue weighted by Gasteiger charge is 2.25. The van der Waals surface area contributed by atoms with Crippen LogP contribution in [0.1, 0.15) is 62.2 Å². The van der Waals surface area contributed by atoms with E-state index in [1.807, 2.05) is 121 Å². The molecule has 6 aromatic rings. The molecule has 1 aliphatic rings. The summed E-state index contributed by atoms with van der Waals surface area (Å²) in [7, 11) is 2.11. The first-order valence-corrected chi connectivity index (χ1v) is 19.9. The van der Waals surface area contributed by atoms with Gasteiger partial charge in [0.1, 0.15) is 24.2 Å².